The average Bonchev–Trinajstić information content (AvgIpc) is 3.04. The van der Waals surface area contributed by atoms with Gasteiger partial charge in [-0.05, 0) is 48.1 Å². The predicted octanol–water partition coefficient (Wildman–Crippen LogP) is 5.37. The molecule has 0 spiro atoms. The summed E-state index contributed by atoms with van der Waals surface area (Å²) in [6, 6.07) is 14.8. The van der Waals surface area contributed by atoms with Crippen LogP contribution in [-0.4, -0.2) is 23.4 Å². The lowest BCUT2D eigenvalue weighted by molar-refractivity contribution is -0.141. The Hall–Kier alpha value is -3.28. The fourth-order valence-corrected chi connectivity index (χ4v) is 4.37. The highest BCUT2D eigenvalue weighted by Gasteiger charge is 2.40. The number of benzene rings is 2. The van der Waals surface area contributed by atoms with Gasteiger partial charge in [0.1, 0.15) is 0 Å². The zero-order chi connectivity index (χ0) is 22.6. The number of fused-ring (bicyclic) bond motifs is 3. The number of nitrogens with zero attached hydrogens (tertiary/aromatic N) is 2. The van der Waals surface area contributed by atoms with E-state index < -0.39 is 11.9 Å². The van der Waals surface area contributed by atoms with Crippen LogP contribution in [0.4, 0.5) is 0 Å². The van der Waals surface area contributed by atoms with Crippen molar-refractivity contribution in [2.45, 2.75) is 59.3 Å². The second kappa shape index (κ2) is 9.25. The van der Waals surface area contributed by atoms with Gasteiger partial charge in [0, 0.05) is 31.2 Å². The van der Waals surface area contributed by atoms with E-state index in [1.807, 2.05) is 6.07 Å². The van der Waals surface area contributed by atoms with E-state index in [1.54, 1.807) is 6.92 Å². The molecule has 0 heterocycles. The van der Waals surface area contributed by atoms with Gasteiger partial charge in [-0.3, -0.25) is 0 Å². The molecule has 0 amide bonds. The van der Waals surface area contributed by atoms with E-state index in [1.165, 1.54) is 36.1 Å². The summed E-state index contributed by atoms with van der Waals surface area (Å²) in [5.41, 5.74) is 6.94. The van der Waals surface area contributed by atoms with Crippen LogP contribution in [0.25, 0.3) is 11.1 Å². The highest BCUT2D eigenvalue weighted by molar-refractivity contribution is 6.12. The molecule has 0 atom stereocenters. The normalized spacial score (nSPS) is 14.6. The van der Waals surface area contributed by atoms with Crippen molar-refractivity contribution < 1.29 is 19.3 Å². The second-order valence-electron chi connectivity index (χ2n) is 7.80. The van der Waals surface area contributed by atoms with E-state index in [0.29, 0.717) is 11.4 Å². The number of carbonyl (C=O) groups excluding carboxylic acids is 2. The smallest absolute Gasteiger partial charge is 0.319 e. The number of carbonyl (C=O) groups is 2. The van der Waals surface area contributed by atoms with E-state index in [-0.39, 0.29) is 11.8 Å². The van der Waals surface area contributed by atoms with Crippen molar-refractivity contribution in [1.29, 1.82) is 0 Å². The topological polar surface area (TPSA) is 77.3 Å². The molecule has 0 fully saturated rings. The molecular formula is C25H28N2O4. The maximum atomic E-state index is 11.4. The van der Waals surface area contributed by atoms with Crippen LogP contribution >= 0.6 is 0 Å². The zero-order valence-electron chi connectivity index (χ0n) is 18.7. The molecule has 0 aromatic heterocycles. The lowest BCUT2D eigenvalue weighted by Gasteiger charge is -2.30. The minimum absolute atomic E-state index is 0.0741. The maximum absolute atomic E-state index is 11.4. The van der Waals surface area contributed by atoms with Crippen molar-refractivity contribution in [3.05, 3.63) is 59.2 Å². The molecule has 0 saturated heterocycles. The SMILES string of the molecule is CCC1(CC)c2ccccc2-c2ccc(/C(C/C(C)=N/OC(C)=O)=N/OC(C)=O)cc21. The van der Waals surface area contributed by atoms with E-state index in [4.69, 9.17) is 9.68 Å². The fraction of sp³-hybridized carbons (Fsp3) is 0.360. The van der Waals surface area contributed by atoms with Crippen molar-refractivity contribution in [2.75, 3.05) is 0 Å². The summed E-state index contributed by atoms with van der Waals surface area (Å²) >= 11 is 0. The Balaban J connectivity index is 2.08. The van der Waals surface area contributed by atoms with E-state index in [2.05, 4.69) is 60.6 Å². The maximum Gasteiger partial charge on any atom is 0.331 e. The van der Waals surface area contributed by atoms with Gasteiger partial charge in [0.2, 0.25) is 0 Å². The first-order chi connectivity index (χ1) is 14.8. The van der Waals surface area contributed by atoms with Crippen LogP contribution in [0.2, 0.25) is 0 Å². The van der Waals surface area contributed by atoms with Crippen molar-refractivity contribution in [3.8, 4) is 11.1 Å². The lowest BCUT2D eigenvalue weighted by atomic mass is 9.73. The number of hydrogen-bond acceptors (Lipinski definition) is 6. The zero-order valence-corrected chi connectivity index (χ0v) is 18.7. The van der Waals surface area contributed by atoms with E-state index in [9.17, 15) is 9.59 Å². The number of oxime groups is 2. The third kappa shape index (κ3) is 4.43. The highest BCUT2D eigenvalue weighted by Crippen LogP contribution is 2.52. The molecule has 0 saturated carbocycles. The van der Waals surface area contributed by atoms with Gasteiger partial charge in [0.15, 0.2) is 0 Å². The summed E-state index contributed by atoms with van der Waals surface area (Å²) in [5, 5.41) is 7.91. The van der Waals surface area contributed by atoms with Crippen LogP contribution in [0.1, 0.15) is 70.6 Å². The third-order valence-corrected chi connectivity index (χ3v) is 5.85. The molecule has 0 radical (unpaired) electrons. The molecule has 3 rings (SSSR count). The van der Waals surface area contributed by atoms with Gasteiger partial charge in [-0.25, -0.2) is 9.59 Å². The summed E-state index contributed by atoms with van der Waals surface area (Å²) in [7, 11) is 0. The molecule has 1 aliphatic carbocycles. The van der Waals surface area contributed by atoms with E-state index in [0.717, 1.165) is 18.4 Å². The predicted molar refractivity (Wildman–Crippen MR) is 121 cm³/mol. The molecule has 6 heteroatoms. The van der Waals surface area contributed by atoms with Gasteiger partial charge in [-0.1, -0.05) is 60.6 Å². The Bertz CT molecular complexity index is 1060. The molecule has 162 valence electrons. The van der Waals surface area contributed by atoms with Crippen LogP contribution < -0.4 is 0 Å². The Morgan fingerprint density at radius 1 is 0.839 bits per heavy atom. The summed E-state index contributed by atoms with van der Waals surface area (Å²) in [6.07, 6.45) is 2.22. The van der Waals surface area contributed by atoms with Gasteiger partial charge < -0.3 is 9.68 Å². The summed E-state index contributed by atoms with van der Waals surface area (Å²) in [5.74, 6) is -0.999. The van der Waals surface area contributed by atoms with Crippen molar-refractivity contribution in [3.63, 3.8) is 0 Å². The Labute approximate surface area is 182 Å². The molecule has 0 unspecified atom stereocenters. The molecule has 0 bridgehead atoms. The van der Waals surface area contributed by atoms with Gasteiger partial charge in [-0.15, -0.1) is 0 Å². The molecule has 6 nitrogen and oxygen atoms in total. The van der Waals surface area contributed by atoms with Crippen LogP contribution in [0, 0.1) is 0 Å². The Morgan fingerprint density at radius 2 is 1.45 bits per heavy atom. The number of rotatable bonds is 7. The minimum atomic E-state index is -0.503. The average molecular weight is 421 g/mol. The van der Waals surface area contributed by atoms with Crippen LogP contribution in [0.15, 0.2) is 52.8 Å². The monoisotopic (exact) mass is 420 g/mol. The van der Waals surface area contributed by atoms with Crippen LogP contribution in [0.3, 0.4) is 0 Å². The quantitative estimate of drug-likeness (QED) is 0.343. The Morgan fingerprint density at radius 3 is 2.10 bits per heavy atom. The van der Waals surface area contributed by atoms with Gasteiger partial charge in [0.05, 0.1) is 11.4 Å². The number of hydrogen-bond donors (Lipinski definition) is 0. The molecule has 0 N–H and O–H groups in total. The summed E-state index contributed by atoms with van der Waals surface area (Å²) in [6.45, 7) is 8.76. The molecule has 2 aromatic rings. The lowest BCUT2D eigenvalue weighted by Crippen LogP contribution is -2.23. The van der Waals surface area contributed by atoms with Crippen LogP contribution in [-0.2, 0) is 24.7 Å². The van der Waals surface area contributed by atoms with Gasteiger partial charge >= 0.3 is 11.9 Å². The fourth-order valence-electron chi connectivity index (χ4n) is 4.37. The molecule has 0 aliphatic heterocycles. The summed E-state index contributed by atoms with van der Waals surface area (Å²) < 4.78 is 0. The Kier molecular flexibility index (Phi) is 6.68. The standard InChI is InChI=1S/C25H28N2O4/c1-6-25(7-2)22-11-9-8-10-20(22)21-13-12-19(15-23(21)25)24(27-31-18(5)29)14-16(3)26-30-17(4)28/h8-13,15H,6-7,14H2,1-5H3/b26-16+,27-24+. The highest BCUT2D eigenvalue weighted by atomic mass is 16.7. The first-order valence-corrected chi connectivity index (χ1v) is 10.5. The second-order valence-corrected chi connectivity index (χ2v) is 7.80. The van der Waals surface area contributed by atoms with E-state index >= 15 is 0 Å². The summed E-state index contributed by atoms with van der Waals surface area (Å²) in [4.78, 5) is 32.1. The van der Waals surface area contributed by atoms with Crippen molar-refractivity contribution in [1.82, 2.24) is 0 Å². The first-order valence-electron chi connectivity index (χ1n) is 10.5. The molecule has 31 heavy (non-hydrogen) atoms. The van der Waals surface area contributed by atoms with Crippen LogP contribution in [0.5, 0.6) is 0 Å². The van der Waals surface area contributed by atoms with Gasteiger partial charge in [-0.2, -0.15) is 0 Å². The molecular weight excluding hydrogens is 392 g/mol. The largest absolute Gasteiger partial charge is 0.331 e. The third-order valence-electron chi connectivity index (χ3n) is 5.85. The van der Waals surface area contributed by atoms with Crippen molar-refractivity contribution in [2.24, 2.45) is 10.3 Å². The molecule has 1 aliphatic rings. The first kappa shape index (κ1) is 22.4. The minimum Gasteiger partial charge on any atom is -0.319 e. The van der Waals surface area contributed by atoms with Gasteiger partial charge in [0.25, 0.3) is 0 Å². The van der Waals surface area contributed by atoms with Crippen molar-refractivity contribution >= 4 is 23.4 Å². The molecule has 2 aromatic carbocycles.